The van der Waals surface area contributed by atoms with Gasteiger partial charge in [0.1, 0.15) is 6.61 Å². The fourth-order valence-corrected chi connectivity index (χ4v) is 2.63. The van der Waals surface area contributed by atoms with Gasteiger partial charge in [-0.15, -0.1) is 0 Å². The lowest BCUT2D eigenvalue weighted by atomic mass is 10.1. The van der Waals surface area contributed by atoms with E-state index >= 15 is 0 Å². The van der Waals surface area contributed by atoms with Gasteiger partial charge in [0, 0.05) is 6.54 Å². The first-order valence-corrected chi connectivity index (χ1v) is 8.12. The summed E-state index contributed by atoms with van der Waals surface area (Å²) in [6.45, 7) is 3.72. The van der Waals surface area contributed by atoms with Gasteiger partial charge in [-0.3, -0.25) is 0 Å². The van der Waals surface area contributed by atoms with Gasteiger partial charge in [-0.05, 0) is 25.0 Å². The fraction of sp³-hybridized carbons (Fsp3) is 0.250. The number of hydrogen-bond donors (Lipinski definition) is 0. The molecule has 1 unspecified atom stereocenters. The van der Waals surface area contributed by atoms with Crippen LogP contribution in [0.15, 0.2) is 72.4 Å². The number of carbonyl (C=O) groups excluding carboxylic acids is 1. The van der Waals surface area contributed by atoms with Crippen LogP contribution in [-0.4, -0.2) is 17.4 Å². The largest absolute Gasteiger partial charge is 0.456 e. The number of benzene rings is 2. The van der Waals surface area contributed by atoms with Crippen LogP contribution in [0, 0.1) is 0 Å². The third kappa shape index (κ3) is 4.89. The molecule has 0 saturated carbocycles. The van der Waals surface area contributed by atoms with Crippen LogP contribution in [0.25, 0.3) is 0 Å². The number of carbonyl (C=O) groups is 1. The first-order valence-electron chi connectivity index (χ1n) is 8.12. The molecule has 0 fully saturated rings. The van der Waals surface area contributed by atoms with Crippen molar-refractivity contribution in [2.24, 2.45) is 0 Å². The first kappa shape index (κ1) is 18.6. The van der Waals surface area contributed by atoms with Crippen LogP contribution in [0.5, 0.6) is 0 Å². The van der Waals surface area contributed by atoms with Gasteiger partial charge < -0.3 is 9.64 Å². The van der Waals surface area contributed by atoms with Crippen LogP contribution in [0.1, 0.15) is 31.0 Å². The van der Waals surface area contributed by atoms with E-state index < -0.39 is 17.7 Å². The fourth-order valence-electron chi connectivity index (χ4n) is 2.63. The average Bonchev–Trinajstić information content (AvgIpc) is 2.64. The van der Waals surface area contributed by atoms with Crippen LogP contribution < -0.4 is 0 Å². The Balaban J connectivity index is 2.17. The average molecular weight is 345 g/mol. The van der Waals surface area contributed by atoms with Crippen LogP contribution in [0.3, 0.4) is 0 Å². The van der Waals surface area contributed by atoms with Crippen molar-refractivity contribution in [3.8, 4) is 0 Å². The molecule has 0 radical (unpaired) electrons. The van der Waals surface area contributed by atoms with Crippen molar-refractivity contribution < 1.29 is 18.3 Å². The molecule has 3 nitrogen and oxygen atoms in total. The van der Waals surface area contributed by atoms with Crippen molar-refractivity contribution in [3.63, 3.8) is 0 Å². The van der Waals surface area contributed by atoms with E-state index in [2.05, 4.69) is 0 Å². The molecule has 5 heteroatoms. The predicted molar refractivity (Wildman–Crippen MR) is 92.7 cm³/mol. The number of rotatable bonds is 7. The maximum absolute atomic E-state index is 13.5. The van der Waals surface area contributed by atoms with E-state index in [1.54, 1.807) is 38.1 Å². The molecule has 0 amide bonds. The summed E-state index contributed by atoms with van der Waals surface area (Å²) in [7, 11) is 0. The summed E-state index contributed by atoms with van der Waals surface area (Å²) < 4.78 is 32.2. The minimum Gasteiger partial charge on any atom is -0.456 e. The number of halogens is 2. The highest BCUT2D eigenvalue weighted by Gasteiger charge is 2.28. The van der Waals surface area contributed by atoms with E-state index in [1.165, 1.54) is 4.90 Å². The normalized spacial score (nSPS) is 11.5. The van der Waals surface area contributed by atoms with Crippen LogP contribution in [0.2, 0.25) is 0 Å². The van der Waals surface area contributed by atoms with Gasteiger partial charge in [-0.25, -0.2) is 4.79 Å². The molecule has 0 aliphatic heterocycles. The van der Waals surface area contributed by atoms with Crippen molar-refractivity contribution in [2.45, 2.75) is 26.5 Å². The minimum absolute atomic E-state index is 0.0479. The Morgan fingerprint density at radius 3 is 2.12 bits per heavy atom. The molecule has 2 rings (SSSR count). The molecule has 132 valence electrons. The lowest BCUT2D eigenvalue weighted by Gasteiger charge is -2.30. The van der Waals surface area contributed by atoms with Crippen molar-refractivity contribution in [3.05, 3.63) is 83.6 Å². The van der Waals surface area contributed by atoms with E-state index in [0.29, 0.717) is 0 Å². The van der Waals surface area contributed by atoms with Crippen molar-refractivity contribution in [1.29, 1.82) is 0 Å². The van der Waals surface area contributed by atoms with Gasteiger partial charge in [0.2, 0.25) is 0 Å². The molecule has 0 aromatic heterocycles. The van der Waals surface area contributed by atoms with E-state index in [9.17, 15) is 13.6 Å². The van der Waals surface area contributed by atoms with Crippen molar-refractivity contribution in [2.75, 3.05) is 6.54 Å². The maximum Gasteiger partial charge on any atom is 0.360 e. The van der Waals surface area contributed by atoms with Gasteiger partial charge in [0.15, 0.2) is 5.70 Å². The molecule has 0 saturated heterocycles. The first-order chi connectivity index (χ1) is 12.0. The third-order valence-electron chi connectivity index (χ3n) is 3.96. The highest BCUT2D eigenvalue weighted by molar-refractivity contribution is 5.88. The Morgan fingerprint density at radius 1 is 1.04 bits per heavy atom. The second-order valence-electron chi connectivity index (χ2n) is 5.54. The van der Waals surface area contributed by atoms with Gasteiger partial charge in [-0.2, -0.15) is 8.78 Å². The molecule has 0 N–H and O–H groups in total. The zero-order valence-electron chi connectivity index (χ0n) is 14.3. The molecule has 0 bridgehead atoms. The lowest BCUT2D eigenvalue weighted by molar-refractivity contribution is -0.143. The Morgan fingerprint density at radius 2 is 1.60 bits per heavy atom. The van der Waals surface area contributed by atoms with E-state index in [-0.39, 0.29) is 19.2 Å². The van der Waals surface area contributed by atoms with E-state index in [0.717, 1.165) is 11.1 Å². The topological polar surface area (TPSA) is 29.5 Å². The Hall–Kier alpha value is -2.69. The van der Waals surface area contributed by atoms with Crippen LogP contribution in [0.4, 0.5) is 8.78 Å². The van der Waals surface area contributed by atoms with Gasteiger partial charge in [0.25, 0.3) is 0 Å². The smallest absolute Gasteiger partial charge is 0.360 e. The second kappa shape index (κ2) is 8.97. The molecule has 0 heterocycles. The monoisotopic (exact) mass is 345 g/mol. The standard InChI is InChI=1S/C20H21F2NO2/c1-3-23(15(2)17-12-8-5-9-13-17)18(19(21)22)20(24)25-14-16-10-6-4-7-11-16/h4-13,15H,3,14H2,1-2H3. The molecule has 0 spiro atoms. The SMILES string of the molecule is CCN(C(C(=O)OCc1ccccc1)=C(F)F)C(C)c1ccccc1. The second-order valence-corrected chi connectivity index (χ2v) is 5.54. The molecule has 25 heavy (non-hydrogen) atoms. The number of nitrogens with zero attached hydrogens (tertiary/aromatic N) is 1. The van der Waals surface area contributed by atoms with Crippen LogP contribution >= 0.6 is 0 Å². The van der Waals surface area contributed by atoms with Crippen molar-refractivity contribution in [1.82, 2.24) is 4.90 Å². The van der Waals surface area contributed by atoms with Gasteiger partial charge in [-0.1, -0.05) is 60.7 Å². The lowest BCUT2D eigenvalue weighted by Crippen LogP contribution is -2.32. The number of likely N-dealkylation sites (N-methyl/N-ethyl adjacent to an activating group) is 1. The molecular formula is C20H21F2NO2. The summed E-state index contributed by atoms with van der Waals surface area (Å²) in [5, 5.41) is 0. The zero-order chi connectivity index (χ0) is 18.2. The number of ether oxygens (including phenoxy) is 1. The van der Waals surface area contributed by atoms with E-state index in [1.807, 2.05) is 36.4 Å². The molecule has 2 aromatic carbocycles. The highest BCUT2D eigenvalue weighted by atomic mass is 19.3. The summed E-state index contributed by atoms with van der Waals surface area (Å²) in [6.07, 6.45) is -2.04. The van der Waals surface area contributed by atoms with Crippen molar-refractivity contribution >= 4 is 5.97 Å². The molecule has 1 atom stereocenters. The third-order valence-corrected chi connectivity index (χ3v) is 3.96. The Bertz CT molecular complexity index is 713. The summed E-state index contributed by atoms with van der Waals surface area (Å²) in [5.41, 5.74) is 0.905. The summed E-state index contributed by atoms with van der Waals surface area (Å²) in [6, 6.07) is 17.8. The summed E-state index contributed by atoms with van der Waals surface area (Å²) in [4.78, 5) is 13.7. The predicted octanol–water partition coefficient (Wildman–Crippen LogP) is 4.92. The Kier molecular flexibility index (Phi) is 6.69. The van der Waals surface area contributed by atoms with Crippen LogP contribution in [-0.2, 0) is 16.1 Å². The van der Waals surface area contributed by atoms with Gasteiger partial charge in [0.05, 0.1) is 6.04 Å². The molecule has 2 aromatic rings. The zero-order valence-corrected chi connectivity index (χ0v) is 14.3. The van der Waals surface area contributed by atoms with Gasteiger partial charge >= 0.3 is 12.0 Å². The minimum atomic E-state index is -2.04. The summed E-state index contributed by atoms with van der Waals surface area (Å²) >= 11 is 0. The number of esters is 1. The molecule has 0 aliphatic rings. The quantitative estimate of drug-likeness (QED) is 0.527. The molecule has 0 aliphatic carbocycles. The highest BCUT2D eigenvalue weighted by Crippen LogP contribution is 2.27. The van der Waals surface area contributed by atoms with E-state index in [4.69, 9.17) is 4.74 Å². The number of hydrogen-bond acceptors (Lipinski definition) is 3. The summed E-state index contributed by atoms with van der Waals surface area (Å²) in [5.74, 6) is -1.02. The maximum atomic E-state index is 13.5. The molecular weight excluding hydrogens is 324 g/mol. The Labute approximate surface area is 146 Å².